The number of hydrogen-bond donors (Lipinski definition) is 2. The highest BCUT2D eigenvalue weighted by Crippen LogP contribution is 2.32. The predicted molar refractivity (Wildman–Crippen MR) is 98.1 cm³/mol. The molecule has 6 heteroatoms. The Morgan fingerprint density at radius 2 is 2.04 bits per heavy atom. The molecule has 2 aliphatic rings. The van der Waals surface area contributed by atoms with Crippen molar-refractivity contribution in [2.24, 2.45) is 13.0 Å². The second kappa shape index (κ2) is 7.21. The molecule has 2 fully saturated rings. The van der Waals surface area contributed by atoms with Crippen LogP contribution in [0.4, 0.5) is 4.39 Å². The molecular formula is C20H25FN4O. The monoisotopic (exact) mass is 356 g/mol. The molecule has 26 heavy (non-hydrogen) atoms. The molecule has 0 bridgehead atoms. The standard InChI is InChI=1S/C20H25FN4O/c1-24-10-3-5-18(24)20(26)25-11-2-4-15(13-25)19-17(12-22-23-19)14-6-8-16(21)9-7-14/h3,5-10,15,17,19,22-23H,2,4,11-13H2,1H3. The van der Waals surface area contributed by atoms with Gasteiger partial charge in [-0.1, -0.05) is 12.1 Å². The van der Waals surface area contributed by atoms with Crippen LogP contribution in [0.2, 0.25) is 0 Å². The van der Waals surface area contributed by atoms with Gasteiger partial charge in [-0.3, -0.25) is 15.6 Å². The Bertz CT molecular complexity index is 772. The minimum absolute atomic E-state index is 0.103. The molecule has 1 aromatic heterocycles. The number of aryl methyl sites for hydroxylation is 1. The lowest BCUT2D eigenvalue weighted by Gasteiger charge is -2.37. The first-order valence-electron chi connectivity index (χ1n) is 9.28. The van der Waals surface area contributed by atoms with Crippen LogP contribution < -0.4 is 10.9 Å². The molecule has 3 atom stereocenters. The molecular weight excluding hydrogens is 331 g/mol. The van der Waals surface area contributed by atoms with Gasteiger partial charge in [0, 0.05) is 44.8 Å². The van der Waals surface area contributed by atoms with E-state index in [1.54, 1.807) is 0 Å². The van der Waals surface area contributed by atoms with Gasteiger partial charge in [0.05, 0.1) is 0 Å². The molecule has 0 radical (unpaired) electrons. The van der Waals surface area contributed by atoms with Gasteiger partial charge in [0.25, 0.3) is 5.91 Å². The van der Waals surface area contributed by atoms with E-state index in [2.05, 4.69) is 10.9 Å². The van der Waals surface area contributed by atoms with E-state index >= 15 is 0 Å². The molecule has 2 aromatic rings. The van der Waals surface area contributed by atoms with E-state index in [0.29, 0.717) is 5.92 Å². The SMILES string of the molecule is Cn1cccc1C(=O)N1CCCC(C2NNCC2c2ccc(F)cc2)C1. The number of benzene rings is 1. The fourth-order valence-electron chi connectivity index (χ4n) is 4.33. The highest BCUT2D eigenvalue weighted by atomic mass is 19.1. The van der Waals surface area contributed by atoms with Crippen molar-refractivity contribution >= 4 is 5.91 Å². The number of nitrogens with one attached hydrogen (secondary N) is 2. The van der Waals surface area contributed by atoms with Crippen molar-refractivity contribution in [3.63, 3.8) is 0 Å². The first-order chi connectivity index (χ1) is 12.6. The zero-order valence-corrected chi connectivity index (χ0v) is 15.0. The number of carbonyl (C=O) groups is 1. The van der Waals surface area contributed by atoms with Crippen molar-refractivity contribution in [3.8, 4) is 0 Å². The summed E-state index contributed by atoms with van der Waals surface area (Å²) < 4.78 is 15.1. The summed E-state index contributed by atoms with van der Waals surface area (Å²) in [6.45, 7) is 2.38. The smallest absolute Gasteiger partial charge is 0.270 e. The van der Waals surface area contributed by atoms with Crippen molar-refractivity contribution in [1.82, 2.24) is 20.3 Å². The maximum atomic E-state index is 13.3. The number of aromatic nitrogens is 1. The number of halogens is 1. The fourth-order valence-corrected chi connectivity index (χ4v) is 4.33. The highest BCUT2D eigenvalue weighted by Gasteiger charge is 2.37. The summed E-state index contributed by atoms with van der Waals surface area (Å²) in [6, 6.07) is 10.8. The number of likely N-dealkylation sites (tertiary alicyclic amines) is 1. The molecule has 0 spiro atoms. The number of nitrogens with zero attached hydrogens (tertiary/aromatic N) is 2. The summed E-state index contributed by atoms with van der Waals surface area (Å²) in [5.41, 5.74) is 8.54. The minimum atomic E-state index is -0.207. The highest BCUT2D eigenvalue weighted by molar-refractivity contribution is 5.92. The largest absolute Gasteiger partial charge is 0.347 e. The second-order valence-electron chi connectivity index (χ2n) is 7.37. The van der Waals surface area contributed by atoms with E-state index in [9.17, 15) is 9.18 Å². The summed E-state index contributed by atoms with van der Waals surface area (Å²) in [6.07, 6.45) is 4.00. The average Bonchev–Trinajstić information content (AvgIpc) is 3.31. The van der Waals surface area contributed by atoms with Gasteiger partial charge in [-0.05, 0) is 48.6 Å². The predicted octanol–water partition coefficient (Wildman–Crippen LogP) is 2.28. The van der Waals surface area contributed by atoms with Crippen molar-refractivity contribution < 1.29 is 9.18 Å². The molecule has 0 aliphatic carbocycles. The fraction of sp³-hybridized carbons (Fsp3) is 0.450. The van der Waals surface area contributed by atoms with Crippen molar-refractivity contribution in [2.75, 3.05) is 19.6 Å². The number of hydrogen-bond acceptors (Lipinski definition) is 3. The van der Waals surface area contributed by atoms with E-state index in [1.165, 1.54) is 12.1 Å². The third-order valence-corrected chi connectivity index (χ3v) is 5.74. The number of carbonyl (C=O) groups excluding carboxylic acids is 1. The molecule has 5 nitrogen and oxygen atoms in total. The zero-order chi connectivity index (χ0) is 18.1. The van der Waals surface area contributed by atoms with Crippen LogP contribution in [0.5, 0.6) is 0 Å². The quantitative estimate of drug-likeness (QED) is 0.887. The Morgan fingerprint density at radius 1 is 1.23 bits per heavy atom. The second-order valence-corrected chi connectivity index (χ2v) is 7.37. The first-order valence-corrected chi connectivity index (χ1v) is 9.28. The van der Waals surface area contributed by atoms with Crippen LogP contribution in [0, 0.1) is 11.7 Å². The summed E-state index contributed by atoms with van der Waals surface area (Å²) in [5.74, 6) is 0.552. The lowest BCUT2D eigenvalue weighted by atomic mass is 9.81. The van der Waals surface area contributed by atoms with Crippen LogP contribution in [-0.4, -0.2) is 41.1 Å². The number of rotatable bonds is 3. The van der Waals surface area contributed by atoms with Crippen LogP contribution >= 0.6 is 0 Å². The Morgan fingerprint density at radius 3 is 2.77 bits per heavy atom. The molecule has 138 valence electrons. The van der Waals surface area contributed by atoms with E-state index < -0.39 is 0 Å². The van der Waals surface area contributed by atoms with Crippen LogP contribution in [0.25, 0.3) is 0 Å². The van der Waals surface area contributed by atoms with Gasteiger partial charge >= 0.3 is 0 Å². The number of amides is 1. The summed E-state index contributed by atoms with van der Waals surface area (Å²) in [4.78, 5) is 14.8. The molecule has 3 unspecified atom stereocenters. The average molecular weight is 356 g/mol. The molecule has 0 saturated carbocycles. The molecule has 2 saturated heterocycles. The Labute approximate surface area is 153 Å². The summed E-state index contributed by atoms with van der Waals surface area (Å²) in [7, 11) is 1.90. The third kappa shape index (κ3) is 3.27. The van der Waals surface area contributed by atoms with Crippen LogP contribution in [0.1, 0.15) is 34.8 Å². The maximum Gasteiger partial charge on any atom is 0.270 e. The zero-order valence-electron chi connectivity index (χ0n) is 15.0. The van der Waals surface area contributed by atoms with Gasteiger partial charge in [0.15, 0.2) is 0 Å². The van der Waals surface area contributed by atoms with Gasteiger partial charge < -0.3 is 9.47 Å². The molecule has 2 N–H and O–H groups in total. The van der Waals surface area contributed by atoms with Gasteiger partial charge in [0.1, 0.15) is 11.5 Å². The Kier molecular flexibility index (Phi) is 4.78. The van der Waals surface area contributed by atoms with E-state index in [4.69, 9.17) is 0 Å². The number of piperidine rings is 1. The van der Waals surface area contributed by atoms with Gasteiger partial charge in [-0.25, -0.2) is 4.39 Å². The van der Waals surface area contributed by atoms with E-state index in [-0.39, 0.29) is 23.7 Å². The molecule has 1 aromatic carbocycles. The van der Waals surface area contributed by atoms with Gasteiger partial charge in [0.2, 0.25) is 0 Å². The van der Waals surface area contributed by atoms with Crippen molar-refractivity contribution in [1.29, 1.82) is 0 Å². The molecule has 4 rings (SSSR count). The Hall–Kier alpha value is -2.18. The van der Waals surface area contributed by atoms with E-state index in [0.717, 1.165) is 43.7 Å². The third-order valence-electron chi connectivity index (χ3n) is 5.74. The van der Waals surface area contributed by atoms with Gasteiger partial charge in [-0.2, -0.15) is 0 Å². The van der Waals surface area contributed by atoms with Crippen molar-refractivity contribution in [3.05, 3.63) is 59.7 Å². The summed E-state index contributed by atoms with van der Waals surface area (Å²) >= 11 is 0. The first kappa shape index (κ1) is 17.2. The maximum absolute atomic E-state index is 13.3. The van der Waals surface area contributed by atoms with Crippen LogP contribution in [0.15, 0.2) is 42.6 Å². The van der Waals surface area contributed by atoms with Crippen molar-refractivity contribution in [2.45, 2.75) is 24.8 Å². The lowest BCUT2D eigenvalue weighted by Crippen LogP contribution is -2.48. The lowest BCUT2D eigenvalue weighted by molar-refractivity contribution is 0.0635. The minimum Gasteiger partial charge on any atom is -0.347 e. The number of hydrazine groups is 1. The van der Waals surface area contributed by atoms with Gasteiger partial charge in [-0.15, -0.1) is 0 Å². The topological polar surface area (TPSA) is 49.3 Å². The molecule has 1 amide bonds. The summed E-state index contributed by atoms with van der Waals surface area (Å²) in [5, 5.41) is 0. The molecule has 3 heterocycles. The normalized spacial score (nSPS) is 26.2. The molecule has 2 aliphatic heterocycles. The van der Waals surface area contributed by atoms with Crippen LogP contribution in [-0.2, 0) is 7.05 Å². The van der Waals surface area contributed by atoms with E-state index in [1.807, 2.05) is 47.0 Å². The Balaban J connectivity index is 1.49. The van der Waals surface area contributed by atoms with Crippen LogP contribution in [0.3, 0.4) is 0 Å².